The van der Waals surface area contributed by atoms with Crippen LogP contribution in [-0.2, 0) is 0 Å². The molecule has 0 unspecified atom stereocenters. The van der Waals surface area contributed by atoms with Crippen molar-refractivity contribution < 1.29 is 0 Å². The maximum Gasteiger partial charge on any atom is 0.0680 e. The zero-order chi connectivity index (χ0) is 7.40. The van der Waals surface area contributed by atoms with E-state index in [0.717, 1.165) is 10.6 Å². The predicted octanol–water partition coefficient (Wildman–Crippen LogP) is 2.30. The van der Waals surface area contributed by atoms with Crippen LogP contribution in [-0.4, -0.2) is 6.21 Å². The van der Waals surface area contributed by atoms with Gasteiger partial charge in [0, 0.05) is 6.21 Å². The first-order valence-electron chi connectivity index (χ1n) is 2.84. The van der Waals surface area contributed by atoms with E-state index in [4.69, 9.17) is 5.41 Å². The van der Waals surface area contributed by atoms with Gasteiger partial charge in [-0.05, 0) is 17.6 Å². The molecule has 10 heavy (non-hydrogen) atoms. The smallest absolute Gasteiger partial charge is 0.0680 e. The Morgan fingerprint density at radius 1 is 1.70 bits per heavy atom. The van der Waals surface area contributed by atoms with Crippen molar-refractivity contribution in [1.29, 1.82) is 5.41 Å². The van der Waals surface area contributed by atoms with Gasteiger partial charge in [0.2, 0.25) is 0 Å². The average molecular weight is 152 g/mol. The molecule has 0 fully saturated rings. The Labute approximate surface area is 63.7 Å². The number of nitrogens with one attached hydrogen (secondary N) is 2. The van der Waals surface area contributed by atoms with Crippen molar-refractivity contribution in [2.75, 3.05) is 5.32 Å². The molecule has 0 amide bonds. The molecular formula is C7H8N2S. The second-order valence-corrected chi connectivity index (χ2v) is 2.64. The van der Waals surface area contributed by atoms with Gasteiger partial charge in [-0.1, -0.05) is 6.58 Å². The highest BCUT2D eigenvalue weighted by Gasteiger charge is 1.96. The summed E-state index contributed by atoms with van der Waals surface area (Å²) in [4.78, 5) is 0.930. The Bertz CT molecular complexity index is 240. The molecular weight excluding hydrogens is 144 g/mol. The van der Waals surface area contributed by atoms with E-state index in [1.807, 2.05) is 11.4 Å². The van der Waals surface area contributed by atoms with Gasteiger partial charge in [0.25, 0.3) is 0 Å². The van der Waals surface area contributed by atoms with Gasteiger partial charge < -0.3 is 10.7 Å². The molecule has 1 aromatic heterocycles. The molecule has 0 radical (unpaired) electrons. The second-order valence-electron chi connectivity index (χ2n) is 1.69. The van der Waals surface area contributed by atoms with E-state index >= 15 is 0 Å². The largest absolute Gasteiger partial charge is 0.361 e. The summed E-state index contributed by atoms with van der Waals surface area (Å²) in [5.74, 6) is 0. The van der Waals surface area contributed by atoms with E-state index < -0.39 is 0 Å². The van der Waals surface area contributed by atoms with Crippen LogP contribution in [0.4, 0.5) is 5.69 Å². The van der Waals surface area contributed by atoms with E-state index in [-0.39, 0.29) is 0 Å². The van der Waals surface area contributed by atoms with Gasteiger partial charge >= 0.3 is 0 Å². The van der Waals surface area contributed by atoms with Crippen molar-refractivity contribution in [2.45, 2.75) is 0 Å². The molecule has 0 saturated heterocycles. The molecule has 3 heteroatoms. The van der Waals surface area contributed by atoms with Crippen molar-refractivity contribution in [1.82, 2.24) is 0 Å². The second kappa shape index (κ2) is 3.17. The molecule has 52 valence electrons. The number of anilines is 1. The van der Waals surface area contributed by atoms with E-state index in [1.165, 1.54) is 17.6 Å². The van der Waals surface area contributed by atoms with Crippen LogP contribution < -0.4 is 5.32 Å². The third kappa shape index (κ3) is 1.25. The number of rotatable bonds is 3. The van der Waals surface area contributed by atoms with Gasteiger partial charge in [-0.15, -0.1) is 11.3 Å². The first-order valence-corrected chi connectivity index (χ1v) is 3.72. The highest BCUT2D eigenvalue weighted by Crippen LogP contribution is 2.19. The van der Waals surface area contributed by atoms with Crippen LogP contribution in [0.2, 0.25) is 0 Å². The monoisotopic (exact) mass is 152 g/mol. The van der Waals surface area contributed by atoms with Crippen LogP contribution in [0.3, 0.4) is 0 Å². The molecule has 0 aliphatic carbocycles. The van der Waals surface area contributed by atoms with Crippen LogP contribution in [0, 0.1) is 5.41 Å². The fraction of sp³-hybridized carbons (Fsp3) is 0. The zero-order valence-electron chi connectivity index (χ0n) is 5.42. The van der Waals surface area contributed by atoms with Gasteiger partial charge in [-0.25, -0.2) is 0 Å². The molecule has 2 N–H and O–H groups in total. The first-order chi connectivity index (χ1) is 4.88. The lowest BCUT2D eigenvalue weighted by Gasteiger charge is -1.94. The SMILES string of the molecule is C=CNc1ccsc1C=N. The normalized spacial score (nSPS) is 8.80. The summed E-state index contributed by atoms with van der Waals surface area (Å²) in [6.07, 6.45) is 2.94. The van der Waals surface area contributed by atoms with Crippen molar-refractivity contribution in [2.24, 2.45) is 0 Å². The fourth-order valence-electron chi connectivity index (χ4n) is 0.662. The Morgan fingerprint density at radius 3 is 3.10 bits per heavy atom. The summed E-state index contributed by atoms with van der Waals surface area (Å²) in [6.45, 7) is 3.53. The van der Waals surface area contributed by atoms with Crippen LogP contribution in [0.1, 0.15) is 4.88 Å². The summed E-state index contributed by atoms with van der Waals surface area (Å²) in [6, 6.07) is 1.92. The van der Waals surface area contributed by atoms with E-state index in [0.29, 0.717) is 0 Å². The van der Waals surface area contributed by atoms with Crippen LogP contribution >= 0.6 is 11.3 Å². The molecule has 1 rings (SSSR count). The third-order valence-corrected chi connectivity index (χ3v) is 1.95. The first kappa shape index (κ1) is 7.02. The molecule has 0 aliphatic rings. The predicted molar refractivity (Wildman–Crippen MR) is 46.0 cm³/mol. The Kier molecular flexibility index (Phi) is 2.23. The molecule has 0 bridgehead atoms. The fourth-order valence-corrected chi connectivity index (χ4v) is 1.33. The standard InChI is InChI=1S/C7H8N2S/c1-2-9-6-3-4-10-7(6)5-8/h2-5,8-9H,1H2. The molecule has 0 aliphatic heterocycles. The minimum atomic E-state index is 0.930. The van der Waals surface area contributed by atoms with Gasteiger partial charge in [0.15, 0.2) is 0 Å². The highest BCUT2D eigenvalue weighted by molar-refractivity contribution is 7.12. The molecule has 0 aromatic carbocycles. The highest BCUT2D eigenvalue weighted by atomic mass is 32.1. The van der Waals surface area contributed by atoms with E-state index in [9.17, 15) is 0 Å². The van der Waals surface area contributed by atoms with Crippen molar-refractivity contribution >= 4 is 23.2 Å². The third-order valence-electron chi connectivity index (χ3n) is 1.08. The summed E-state index contributed by atoms with van der Waals surface area (Å²) in [5.41, 5.74) is 0.954. The average Bonchev–Trinajstić information content (AvgIpc) is 2.36. The molecule has 0 atom stereocenters. The van der Waals surface area contributed by atoms with Crippen LogP contribution in [0.25, 0.3) is 0 Å². The molecule has 1 heterocycles. The maximum atomic E-state index is 6.99. The Morgan fingerprint density at radius 2 is 2.50 bits per heavy atom. The maximum absolute atomic E-state index is 6.99. The lowest BCUT2D eigenvalue weighted by molar-refractivity contribution is 1.56. The summed E-state index contributed by atoms with van der Waals surface area (Å²) in [5, 5.41) is 11.9. The van der Waals surface area contributed by atoms with E-state index in [2.05, 4.69) is 11.9 Å². The minimum absolute atomic E-state index is 0.930. The summed E-state index contributed by atoms with van der Waals surface area (Å²) >= 11 is 1.54. The summed E-state index contributed by atoms with van der Waals surface area (Å²) in [7, 11) is 0. The van der Waals surface area contributed by atoms with Crippen molar-refractivity contribution in [3.8, 4) is 0 Å². The molecule has 2 nitrogen and oxygen atoms in total. The van der Waals surface area contributed by atoms with Gasteiger partial charge in [0.1, 0.15) is 0 Å². The lowest BCUT2D eigenvalue weighted by Crippen LogP contribution is -1.86. The summed E-state index contributed by atoms with van der Waals surface area (Å²) < 4.78 is 0. The molecule has 0 spiro atoms. The van der Waals surface area contributed by atoms with Crippen molar-refractivity contribution in [3.05, 3.63) is 29.1 Å². The van der Waals surface area contributed by atoms with Gasteiger partial charge in [0.05, 0.1) is 10.6 Å². The number of hydrogen-bond acceptors (Lipinski definition) is 3. The Balaban J connectivity index is 2.89. The van der Waals surface area contributed by atoms with Crippen LogP contribution in [0.5, 0.6) is 0 Å². The number of thiophene rings is 1. The topological polar surface area (TPSA) is 35.9 Å². The van der Waals surface area contributed by atoms with Gasteiger partial charge in [-0.3, -0.25) is 0 Å². The van der Waals surface area contributed by atoms with Gasteiger partial charge in [-0.2, -0.15) is 0 Å². The zero-order valence-corrected chi connectivity index (χ0v) is 6.24. The Hall–Kier alpha value is -1.09. The van der Waals surface area contributed by atoms with Crippen LogP contribution in [0.15, 0.2) is 24.2 Å². The lowest BCUT2D eigenvalue weighted by atomic mass is 10.4. The minimum Gasteiger partial charge on any atom is -0.361 e. The number of hydrogen-bond donors (Lipinski definition) is 2. The van der Waals surface area contributed by atoms with Crippen molar-refractivity contribution in [3.63, 3.8) is 0 Å². The molecule has 1 aromatic rings. The quantitative estimate of drug-likeness (QED) is 0.640. The van der Waals surface area contributed by atoms with E-state index in [1.54, 1.807) is 6.20 Å². The molecule has 0 saturated carbocycles.